The summed E-state index contributed by atoms with van der Waals surface area (Å²) in [7, 11) is 0. The lowest BCUT2D eigenvalue weighted by Crippen LogP contribution is -2.48. The van der Waals surface area contributed by atoms with E-state index >= 15 is 0 Å². The molecule has 2 aromatic rings. The fourth-order valence-corrected chi connectivity index (χ4v) is 3.95. The minimum atomic E-state index is 0.229. The van der Waals surface area contributed by atoms with Gasteiger partial charge in [0.15, 0.2) is 0 Å². The summed E-state index contributed by atoms with van der Waals surface area (Å²) in [6.45, 7) is 7.46. The van der Waals surface area contributed by atoms with Gasteiger partial charge in [-0.15, -0.1) is 0 Å². The van der Waals surface area contributed by atoms with Gasteiger partial charge in [-0.3, -0.25) is 4.79 Å². The van der Waals surface area contributed by atoms with Crippen LogP contribution in [-0.4, -0.2) is 36.5 Å². The highest BCUT2D eigenvalue weighted by Crippen LogP contribution is 2.26. The first-order valence-corrected chi connectivity index (χ1v) is 9.83. The molecule has 0 aliphatic carbocycles. The fraction of sp³-hybridized carbons (Fsp3) is 0.435. The second kappa shape index (κ2) is 9.00. The average Bonchev–Trinajstić information content (AvgIpc) is 2.71. The summed E-state index contributed by atoms with van der Waals surface area (Å²) in [5.74, 6) is 0.766. The van der Waals surface area contributed by atoms with E-state index in [2.05, 4.69) is 54.3 Å². The lowest BCUT2D eigenvalue weighted by atomic mass is 9.97. The van der Waals surface area contributed by atoms with Gasteiger partial charge in [-0.05, 0) is 36.5 Å². The Bertz CT molecular complexity index is 678. The van der Waals surface area contributed by atoms with Crippen LogP contribution in [0, 0.1) is 0 Å². The Morgan fingerprint density at radius 3 is 2.19 bits per heavy atom. The first-order chi connectivity index (χ1) is 12.7. The van der Waals surface area contributed by atoms with Crippen molar-refractivity contribution in [3.63, 3.8) is 0 Å². The van der Waals surface area contributed by atoms with Crippen molar-refractivity contribution in [1.29, 1.82) is 0 Å². The number of piperidine rings is 1. The largest absolute Gasteiger partial charge is 0.309 e. The van der Waals surface area contributed by atoms with Crippen molar-refractivity contribution in [1.82, 2.24) is 4.90 Å². The number of nitrogens with zero attached hydrogens (tertiary/aromatic N) is 2. The van der Waals surface area contributed by atoms with Crippen LogP contribution in [0.5, 0.6) is 0 Å². The number of rotatable bonds is 6. The zero-order chi connectivity index (χ0) is 18.4. The van der Waals surface area contributed by atoms with Crippen molar-refractivity contribution in [3.8, 4) is 0 Å². The Morgan fingerprint density at radius 2 is 1.62 bits per heavy atom. The van der Waals surface area contributed by atoms with Gasteiger partial charge >= 0.3 is 0 Å². The van der Waals surface area contributed by atoms with Crippen LogP contribution < -0.4 is 4.90 Å². The Morgan fingerprint density at radius 1 is 1.04 bits per heavy atom. The number of benzene rings is 2. The molecule has 0 saturated carbocycles. The third-order valence-electron chi connectivity index (χ3n) is 5.43. The Hall–Kier alpha value is -2.13. The summed E-state index contributed by atoms with van der Waals surface area (Å²) in [5.41, 5.74) is 2.44. The fourth-order valence-electron chi connectivity index (χ4n) is 3.95. The molecule has 1 saturated heterocycles. The first-order valence-electron chi connectivity index (χ1n) is 9.83. The summed E-state index contributed by atoms with van der Waals surface area (Å²) in [6, 6.07) is 21.2. The Balaban J connectivity index is 1.60. The van der Waals surface area contributed by atoms with E-state index in [-0.39, 0.29) is 5.91 Å². The molecule has 1 aliphatic heterocycles. The molecule has 3 heteroatoms. The van der Waals surface area contributed by atoms with E-state index < -0.39 is 0 Å². The molecule has 3 rings (SSSR count). The number of carbonyl (C=O) groups excluding carboxylic acids is 1. The predicted octanol–water partition coefficient (Wildman–Crippen LogP) is 4.70. The lowest BCUT2D eigenvalue weighted by molar-refractivity contribution is -0.119. The van der Waals surface area contributed by atoms with Gasteiger partial charge in [0.1, 0.15) is 0 Å². The van der Waals surface area contributed by atoms with Crippen LogP contribution in [0.4, 0.5) is 5.69 Å². The highest BCUT2D eigenvalue weighted by atomic mass is 16.2. The molecule has 1 aliphatic rings. The van der Waals surface area contributed by atoms with E-state index in [0.29, 0.717) is 18.4 Å². The lowest BCUT2D eigenvalue weighted by Gasteiger charge is -2.39. The highest BCUT2D eigenvalue weighted by molar-refractivity contribution is 5.93. The van der Waals surface area contributed by atoms with Gasteiger partial charge in [0.05, 0.1) is 0 Å². The van der Waals surface area contributed by atoms with E-state index in [1.807, 2.05) is 30.0 Å². The van der Waals surface area contributed by atoms with Crippen molar-refractivity contribution >= 4 is 11.6 Å². The molecule has 26 heavy (non-hydrogen) atoms. The van der Waals surface area contributed by atoms with Crippen molar-refractivity contribution in [2.24, 2.45) is 0 Å². The van der Waals surface area contributed by atoms with Gasteiger partial charge in [-0.1, -0.05) is 62.4 Å². The predicted molar refractivity (Wildman–Crippen MR) is 109 cm³/mol. The molecule has 3 nitrogen and oxygen atoms in total. The van der Waals surface area contributed by atoms with Gasteiger partial charge in [-0.25, -0.2) is 0 Å². The smallest absolute Gasteiger partial charge is 0.226 e. The maximum absolute atomic E-state index is 12.6. The van der Waals surface area contributed by atoms with Gasteiger partial charge in [0.25, 0.3) is 0 Å². The van der Waals surface area contributed by atoms with Crippen LogP contribution in [-0.2, 0) is 4.79 Å². The van der Waals surface area contributed by atoms with Crippen molar-refractivity contribution < 1.29 is 4.79 Å². The number of hydrogen-bond acceptors (Lipinski definition) is 2. The molecule has 0 aromatic heterocycles. The van der Waals surface area contributed by atoms with E-state index in [9.17, 15) is 4.79 Å². The molecular formula is C23H30N2O. The van der Waals surface area contributed by atoms with Crippen LogP contribution in [0.1, 0.15) is 44.6 Å². The monoisotopic (exact) mass is 350 g/mol. The summed E-state index contributed by atoms with van der Waals surface area (Å²) in [6.07, 6.45) is 2.64. The minimum absolute atomic E-state index is 0.229. The molecule has 0 unspecified atom stereocenters. The maximum atomic E-state index is 12.6. The minimum Gasteiger partial charge on any atom is -0.309 e. The zero-order valence-corrected chi connectivity index (χ0v) is 16.0. The molecular weight excluding hydrogens is 320 g/mol. The Labute approximate surface area is 157 Å². The topological polar surface area (TPSA) is 23.6 Å². The highest BCUT2D eigenvalue weighted by Gasteiger charge is 2.28. The quantitative estimate of drug-likeness (QED) is 0.754. The zero-order valence-electron chi connectivity index (χ0n) is 16.0. The molecule has 138 valence electrons. The second-order valence-corrected chi connectivity index (χ2v) is 7.30. The second-order valence-electron chi connectivity index (χ2n) is 7.30. The summed E-state index contributed by atoms with van der Waals surface area (Å²) < 4.78 is 0. The van der Waals surface area contributed by atoms with Gasteiger partial charge in [-0.2, -0.15) is 0 Å². The van der Waals surface area contributed by atoms with Gasteiger partial charge < -0.3 is 9.80 Å². The van der Waals surface area contributed by atoms with Crippen LogP contribution in [0.15, 0.2) is 60.7 Å². The van der Waals surface area contributed by atoms with E-state index in [1.54, 1.807) is 0 Å². The number of amides is 1. The van der Waals surface area contributed by atoms with Crippen LogP contribution in [0.25, 0.3) is 0 Å². The van der Waals surface area contributed by atoms with Gasteiger partial charge in [0.2, 0.25) is 5.91 Å². The summed E-state index contributed by atoms with van der Waals surface area (Å²) in [4.78, 5) is 17.2. The standard InChI is InChI=1S/C23H30N2O/c1-3-23(26)25(21-12-8-5-9-13-21)22-14-16-24(17-15-22)18-19(2)20-10-6-4-7-11-20/h4-13,19,22H,3,14-18H2,1-2H3/t19-/m1/s1. The van der Waals surface area contributed by atoms with Crippen molar-refractivity contribution in [2.45, 2.75) is 45.1 Å². The number of anilines is 1. The van der Waals surface area contributed by atoms with Gasteiger partial charge in [0, 0.05) is 37.8 Å². The molecule has 0 radical (unpaired) electrons. The van der Waals surface area contributed by atoms with E-state index in [0.717, 1.165) is 38.2 Å². The number of hydrogen-bond donors (Lipinski definition) is 0. The van der Waals surface area contributed by atoms with Crippen molar-refractivity contribution in [2.75, 3.05) is 24.5 Å². The van der Waals surface area contributed by atoms with Crippen LogP contribution in [0.3, 0.4) is 0 Å². The number of likely N-dealkylation sites (tertiary alicyclic amines) is 1. The molecule has 1 fully saturated rings. The summed E-state index contributed by atoms with van der Waals surface area (Å²) in [5, 5.41) is 0. The molecule has 0 bridgehead atoms. The third kappa shape index (κ3) is 4.53. The molecule has 1 amide bonds. The van der Waals surface area contributed by atoms with E-state index in [1.165, 1.54) is 5.56 Å². The van der Waals surface area contributed by atoms with E-state index in [4.69, 9.17) is 0 Å². The average molecular weight is 351 g/mol. The number of carbonyl (C=O) groups is 1. The van der Waals surface area contributed by atoms with Crippen molar-refractivity contribution in [3.05, 3.63) is 66.2 Å². The Kier molecular flexibility index (Phi) is 6.45. The number of para-hydroxylation sites is 1. The normalized spacial score (nSPS) is 17.0. The molecule has 1 heterocycles. The SMILES string of the molecule is CCC(=O)N(c1ccccc1)C1CCN(C[C@@H](C)c2ccccc2)CC1. The molecule has 0 N–H and O–H groups in total. The maximum Gasteiger partial charge on any atom is 0.226 e. The van der Waals surface area contributed by atoms with Crippen LogP contribution >= 0.6 is 0 Å². The third-order valence-corrected chi connectivity index (χ3v) is 5.43. The molecule has 1 atom stereocenters. The van der Waals surface area contributed by atoms with Crippen LogP contribution in [0.2, 0.25) is 0 Å². The first kappa shape index (κ1) is 18.7. The molecule has 0 spiro atoms. The summed E-state index contributed by atoms with van der Waals surface area (Å²) >= 11 is 0. The molecule has 2 aromatic carbocycles.